The van der Waals surface area contributed by atoms with Crippen LogP contribution >= 0.6 is 0 Å². The van der Waals surface area contributed by atoms with Crippen molar-refractivity contribution in [2.24, 2.45) is 0 Å². The summed E-state index contributed by atoms with van der Waals surface area (Å²) in [5.41, 5.74) is -0.491. The van der Waals surface area contributed by atoms with E-state index in [-0.39, 0.29) is 17.3 Å². The van der Waals surface area contributed by atoms with Crippen molar-refractivity contribution >= 4 is 21.7 Å². The van der Waals surface area contributed by atoms with Crippen LogP contribution in [0.2, 0.25) is 0 Å². The second kappa shape index (κ2) is 6.36. The fourth-order valence-electron chi connectivity index (χ4n) is 2.72. The van der Waals surface area contributed by atoms with Gasteiger partial charge in [0.05, 0.1) is 16.4 Å². The van der Waals surface area contributed by atoms with Crippen molar-refractivity contribution in [1.29, 1.82) is 0 Å². The van der Waals surface area contributed by atoms with E-state index in [4.69, 9.17) is 9.47 Å². The largest absolute Gasteiger partial charge is 0.471 e. The third-order valence-corrected chi connectivity index (χ3v) is 5.88. The summed E-state index contributed by atoms with van der Waals surface area (Å²) in [7, 11) is -3.77. The molecule has 0 N–H and O–H groups in total. The molecule has 0 spiro atoms. The molecular weight excluding hydrogens is 340 g/mol. The third-order valence-electron chi connectivity index (χ3n) is 3.99. The number of nitrogens with zero attached hydrogens (tertiary/aromatic N) is 2. The monoisotopic (exact) mass is 356 g/mol. The molecule has 0 aromatic heterocycles. The summed E-state index contributed by atoms with van der Waals surface area (Å²) < 4.78 is 36.4. The molecule has 2 heterocycles. The lowest BCUT2D eigenvalue weighted by Crippen LogP contribution is -2.28. The number of cyclic esters (lactones) is 1. The maximum absolute atomic E-state index is 12.5. The highest BCUT2D eigenvalue weighted by Crippen LogP contribution is 2.33. The van der Waals surface area contributed by atoms with Crippen LogP contribution in [0.15, 0.2) is 23.1 Å². The molecule has 1 aromatic carbocycles. The zero-order valence-electron chi connectivity index (χ0n) is 12.7. The van der Waals surface area contributed by atoms with Crippen LogP contribution in [0.25, 0.3) is 0 Å². The van der Waals surface area contributed by atoms with Gasteiger partial charge in [-0.1, -0.05) is 0 Å². The van der Waals surface area contributed by atoms with Crippen LogP contribution in [0, 0.1) is 10.1 Å². The molecule has 0 bridgehead atoms. The van der Waals surface area contributed by atoms with E-state index >= 15 is 0 Å². The fraction of sp³-hybridized carbons (Fsp3) is 0.500. The Labute approximate surface area is 138 Å². The number of esters is 1. The molecule has 0 amide bonds. The number of ether oxygens (including phenoxy) is 2. The van der Waals surface area contributed by atoms with Crippen LogP contribution in [-0.2, 0) is 19.6 Å². The molecule has 2 saturated heterocycles. The Hall–Kier alpha value is -2.20. The third kappa shape index (κ3) is 3.06. The van der Waals surface area contributed by atoms with Crippen molar-refractivity contribution in [2.45, 2.75) is 30.3 Å². The summed E-state index contributed by atoms with van der Waals surface area (Å²) >= 11 is 0. The number of hydrogen-bond acceptors (Lipinski definition) is 7. The molecule has 130 valence electrons. The Bertz CT molecular complexity index is 771. The van der Waals surface area contributed by atoms with Gasteiger partial charge >= 0.3 is 11.7 Å². The van der Waals surface area contributed by atoms with Gasteiger partial charge in [0.15, 0.2) is 11.9 Å². The van der Waals surface area contributed by atoms with Crippen LogP contribution in [0.5, 0.6) is 5.75 Å². The van der Waals surface area contributed by atoms with Crippen LogP contribution in [0.1, 0.15) is 19.3 Å². The van der Waals surface area contributed by atoms with Crippen molar-refractivity contribution < 1.29 is 27.6 Å². The Morgan fingerprint density at radius 2 is 2.00 bits per heavy atom. The molecule has 0 radical (unpaired) electrons. The molecule has 1 atom stereocenters. The summed E-state index contributed by atoms with van der Waals surface area (Å²) in [5.74, 6) is -0.734. The van der Waals surface area contributed by atoms with Crippen LogP contribution in [0.3, 0.4) is 0 Å². The standard InChI is InChI=1S/C14H16N2O7S/c17-14-13(5-8-22-14)23-12-4-3-10(9-11(12)16(18)19)24(20,21)15-6-1-2-7-15/h3-4,9,13H,1-2,5-8H2/t13-/m1/s1. The van der Waals surface area contributed by atoms with Crippen LogP contribution in [-0.4, -0.2) is 49.4 Å². The van der Waals surface area contributed by atoms with Crippen molar-refractivity contribution in [1.82, 2.24) is 4.31 Å². The quantitative estimate of drug-likeness (QED) is 0.440. The number of rotatable bonds is 5. The first kappa shape index (κ1) is 16.7. The van der Waals surface area contributed by atoms with Gasteiger partial charge in [-0.2, -0.15) is 4.31 Å². The van der Waals surface area contributed by atoms with Crippen LogP contribution in [0.4, 0.5) is 5.69 Å². The summed E-state index contributed by atoms with van der Waals surface area (Å²) in [6.45, 7) is 1.00. The van der Waals surface area contributed by atoms with Gasteiger partial charge in [0.1, 0.15) is 0 Å². The van der Waals surface area contributed by atoms with Gasteiger partial charge in [-0.15, -0.1) is 0 Å². The van der Waals surface area contributed by atoms with E-state index in [1.54, 1.807) is 0 Å². The predicted molar refractivity (Wildman–Crippen MR) is 81.1 cm³/mol. The number of nitro groups is 1. The van der Waals surface area contributed by atoms with E-state index in [0.29, 0.717) is 19.5 Å². The SMILES string of the molecule is O=C1OCC[C@H]1Oc1ccc(S(=O)(=O)N2CCCC2)cc1[N+](=O)[O-]. The minimum atomic E-state index is -3.77. The molecule has 0 aliphatic carbocycles. The fourth-order valence-corrected chi connectivity index (χ4v) is 4.25. The maximum atomic E-state index is 12.5. The summed E-state index contributed by atoms with van der Waals surface area (Å²) in [4.78, 5) is 21.8. The molecule has 2 fully saturated rings. The van der Waals surface area contributed by atoms with E-state index in [0.717, 1.165) is 18.9 Å². The van der Waals surface area contributed by atoms with Gasteiger partial charge in [0.2, 0.25) is 10.0 Å². The van der Waals surface area contributed by atoms with Gasteiger partial charge in [0, 0.05) is 25.6 Å². The van der Waals surface area contributed by atoms with Crippen molar-refractivity contribution in [2.75, 3.05) is 19.7 Å². The lowest BCUT2D eigenvalue weighted by molar-refractivity contribution is -0.386. The average Bonchev–Trinajstić information content (AvgIpc) is 3.20. The molecule has 1 aromatic rings. The zero-order valence-corrected chi connectivity index (χ0v) is 13.5. The minimum Gasteiger partial charge on any atom is -0.471 e. The van der Waals surface area contributed by atoms with Gasteiger partial charge in [-0.25, -0.2) is 13.2 Å². The van der Waals surface area contributed by atoms with Crippen molar-refractivity contribution in [3.8, 4) is 5.75 Å². The second-order valence-corrected chi connectivity index (χ2v) is 7.50. The Balaban J connectivity index is 1.92. The number of sulfonamides is 1. The molecule has 2 aliphatic heterocycles. The van der Waals surface area contributed by atoms with E-state index in [2.05, 4.69) is 0 Å². The summed E-state index contributed by atoms with van der Waals surface area (Å²) in [6.07, 6.45) is 0.923. The first-order valence-electron chi connectivity index (χ1n) is 7.51. The molecular formula is C14H16N2O7S. The molecule has 24 heavy (non-hydrogen) atoms. The molecule has 0 unspecified atom stereocenters. The number of hydrogen-bond donors (Lipinski definition) is 0. The van der Waals surface area contributed by atoms with E-state index in [9.17, 15) is 23.3 Å². The molecule has 3 rings (SSSR count). The zero-order chi connectivity index (χ0) is 17.3. The molecule has 9 nitrogen and oxygen atoms in total. The number of benzene rings is 1. The van der Waals surface area contributed by atoms with E-state index < -0.39 is 32.7 Å². The highest BCUT2D eigenvalue weighted by molar-refractivity contribution is 7.89. The lowest BCUT2D eigenvalue weighted by atomic mass is 10.2. The van der Waals surface area contributed by atoms with E-state index in [1.165, 1.54) is 16.4 Å². The topological polar surface area (TPSA) is 116 Å². The van der Waals surface area contributed by atoms with Gasteiger partial charge < -0.3 is 9.47 Å². The lowest BCUT2D eigenvalue weighted by Gasteiger charge is -2.16. The van der Waals surface area contributed by atoms with Gasteiger partial charge in [-0.05, 0) is 25.0 Å². The van der Waals surface area contributed by atoms with Gasteiger partial charge in [-0.3, -0.25) is 10.1 Å². The Kier molecular flexibility index (Phi) is 4.41. The smallest absolute Gasteiger partial charge is 0.347 e. The van der Waals surface area contributed by atoms with Crippen LogP contribution < -0.4 is 4.74 Å². The Morgan fingerprint density at radius 3 is 2.58 bits per heavy atom. The Morgan fingerprint density at radius 1 is 1.29 bits per heavy atom. The molecule has 2 aliphatic rings. The summed E-state index contributed by atoms with van der Waals surface area (Å²) in [5, 5.41) is 11.3. The predicted octanol–water partition coefficient (Wildman–Crippen LogP) is 1.07. The number of nitro benzene ring substituents is 1. The minimum absolute atomic E-state index is 0.149. The van der Waals surface area contributed by atoms with E-state index in [1.807, 2.05) is 0 Å². The number of carbonyl (C=O) groups is 1. The maximum Gasteiger partial charge on any atom is 0.347 e. The molecule has 10 heteroatoms. The van der Waals surface area contributed by atoms with Crippen molar-refractivity contribution in [3.63, 3.8) is 0 Å². The highest BCUT2D eigenvalue weighted by atomic mass is 32.2. The highest BCUT2D eigenvalue weighted by Gasteiger charge is 2.33. The normalized spacial score (nSPS) is 21.7. The first-order valence-corrected chi connectivity index (χ1v) is 8.95. The van der Waals surface area contributed by atoms with Crippen molar-refractivity contribution in [3.05, 3.63) is 28.3 Å². The van der Waals surface area contributed by atoms with Gasteiger partial charge in [0.25, 0.3) is 0 Å². The second-order valence-electron chi connectivity index (χ2n) is 5.56. The number of carbonyl (C=O) groups excluding carboxylic acids is 1. The summed E-state index contributed by atoms with van der Waals surface area (Å²) in [6, 6.07) is 3.45. The average molecular weight is 356 g/mol. The first-order chi connectivity index (χ1) is 11.4. The molecule has 0 saturated carbocycles.